The van der Waals surface area contributed by atoms with E-state index in [1.165, 1.54) is 0 Å². The van der Waals surface area contributed by atoms with E-state index in [-0.39, 0.29) is 0 Å². The normalized spacial score (nSPS) is 9.37. The Morgan fingerprint density at radius 2 is 1.84 bits per heavy atom. The van der Waals surface area contributed by atoms with Crippen LogP contribution in [0.25, 0.3) is 0 Å². The van der Waals surface area contributed by atoms with Gasteiger partial charge in [-0.15, -0.1) is 0 Å². The van der Waals surface area contributed by atoms with Crippen molar-refractivity contribution in [3.63, 3.8) is 0 Å². The molecule has 0 heterocycles. The molecule has 0 aliphatic rings. The van der Waals surface area contributed by atoms with Crippen LogP contribution in [0.3, 0.4) is 0 Å². The van der Waals surface area contributed by atoms with Gasteiger partial charge in [0.2, 0.25) is 0 Å². The minimum atomic E-state index is 0.494. The van der Waals surface area contributed by atoms with E-state index in [1.54, 1.807) is 25.3 Å². The molecule has 2 nitrogen and oxygen atoms in total. The van der Waals surface area contributed by atoms with Crippen LogP contribution in [0.1, 0.15) is 21.5 Å². The zero-order valence-corrected chi connectivity index (χ0v) is 11.1. The Bertz CT molecular complexity index is 649. The summed E-state index contributed by atoms with van der Waals surface area (Å²) >= 11 is 5.83. The van der Waals surface area contributed by atoms with Crippen molar-refractivity contribution in [1.29, 1.82) is 0 Å². The zero-order chi connectivity index (χ0) is 13.7. The van der Waals surface area contributed by atoms with Gasteiger partial charge in [-0.25, -0.2) is 0 Å². The third-order valence-electron chi connectivity index (χ3n) is 2.57. The van der Waals surface area contributed by atoms with Crippen LogP contribution >= 0.6 is 11.6 Å². The molecule has 0 aliphatic carbocycles. The largest absolute Gasteiger partial charge is 0.497 e. The summed E-state index contributed by atoms with van der Waals surface area (Å²) in [7, 11) is 1.62. The number of benzene rings is 2. The van der Waals surface area contributed by atoms with Crippen molar-refractivity contribution >= 4 is 17.9 Å². The molecule has 2 aromatic carbocycles. The number of aldehydes is 1. The van der Waals surface area contributed by atoms with Crippen molar-refractivity contribution in [2.45, 2.75) is 0 Å². The molecule has 0 amide bonds. The summed E-state index contributed by atoms with van der Waals surface area (Å²) in [6, 6.07) is 12.5. The van der Waals surface area contributed by atoms with E-state index >= 15 is 0 Å². The van der Waals surface area contributed by atoms with Gasteiger partial charge in [0.15, 0.2) is 6.29 Å². The molecule has 94 valence electrons. The number of hydrogen-bond donors (Lipinski definition) is 0. The average Bonchev–Trinajstić information content (AvgIpc) is 2.46. The molecule has 2 aromatic rings. The summed E-state index contributed by atoms with van der Waals surface area (Å²) in [4.78, 5) is 10.9. The Morgan fingerprint density at radius 3 is 2.47 bits per heavy atom. The number of halogens is 1. The predicted octanol–water partition coefficient (Wildman–Crippen LogP) is 3.56. The summed E-state index contributed by atoms with van der Waals surface area (Å²) in [6.45, 7) is 0. The molecule has 0 saturated carbocycles. The van der Waals surface area contributed by atoms with Crippen molar-refractivity contribution in [2.75, 3.05) is 7.11 Å². The predicted molar refractivity (Wildman–Crippen MR) is 75.8 cm³/mol. The van der Waals surface area contributed by atoms with Crippen LogP contribution in [-0.4, -0.2) is 13.4 Å². The second kappa shape index (κ2) is 6.08. The summed E-state index contributed by atoms with van der Waals surface area (Å²) in [6.07, 6.45) is 0.754. The lowest BCUT2D eigenvalue weighted by Crippen LogP contribution is -1.87. The third kappa shape index (κ3) is 3.37. The van der Waals surface area contributed by atoms with E-state index in [1.807, 2.05) is 24.3 Å². The minimum absolute atomic E-state index is 0.494. The van der Waals surface area contributed by atoms with Gasteiger partial charge in [-0.2, -0.15) is 0 Å². The van der Waals surface area contributed by atoms with Gasteiger partial charge in [0.25, 0.3) is 0 Å². The molecule has 0 bridgehead atoms. The van der Waals surface area contributed by atoms with Gasteiger partial charge in [-0.05, 0) is 42.5 Å². The smallest absolute Gasteiger partial charge is 0.151 e. The second-order valence-electron chi connectivity index (χ2n) is 3.83. The number of carbonyl (C=O) groups is 1. The standard InChI is InChI=1S/C16H11ClO2/c1-19-16-8-3-12(4-9-16)2-5-13-6-7-15(17)10-14(13)11-18/h3-4,6-11H,1H3. The van der Waals surface area contributed by atoms with Crippen molar-refractivity contribution in [3.8, 4) is 17.6 Å². The van der Waals surface area contributed by atoms with Gasteiger partial charge in [-0.3, -0.25) is 4.79 Å². The lowest BCUT2D eigenvalue weighted by molar-refractivity contribution is 0.112. The molecule has 0 spiro atoms. The first-order valence-corrected chi connectivity index (χ1v) is 6.01. The molecule has 0 unspecified atom stereocenters. The molecule has 19 heavy (non-hydrogen) atoms. The van der Waals surface area contributed by atoms with Gasteiger partial charge in [0, 0.05) is 21.7 Å². The van der Waals surface area contributed by atoms with Gasteiger partial charge in [0.1, 0.15) is 5.75 Å². The van der Waals surface area contributed by atoms with Crippen molar-refractivity contribution in [2.24, 2.45) is 0 Å². The molecular formula is C16H11ClO2. The maximum absolute atomic E-state index is 10.9. The first-order chi connectivity index (χ1) is 9.22. The second-order valence-corrected chi connectivity index (χ2v) is 4.26. The maximum atomic E-state index is 10.9. The van der Waals surface area contributed by atoms with Crippen molar-refractivity contribution < 1.29 is 9.53 Å². The quantitative estimate of drug-likeness (QED) is 0.616. The molecule has 0 radical (unpaired) electrons. The molecule has 2 rings (SSSR count). The van der Waals surface area contributed by atoms with E-state index in [4.69, 9.17) is 16.3 Å². The van der Waals surface area contributed by atoms with E-state index in [9.17, 15) is 4.79 Å². The number of carbonyl (C=O) groups excluding carboxylic acids is 1. The van der Waals surface area contributed by atoms with Crippen LogP contribution < -0.4 is 4.74 Å². The molecule has 0 aliphatic heterocycles. The first kappa shape index (κ1) is 13.2. The molecular weight excluding hydrogens is 260 g/mol. The number of ether oxygens (including phenoxy) is 1. The average molecular weight is 271 g/mol. The van der Waals surface area contributed by atoms with Gasteiger partial charge < -0.3 is 4.74 Å². The van der Waals surface area contributed by atoms with Gasteiger partial charge >= 0.3 is 0 Å². The molecule has 0 fully saturated rings. The van der Waals surface area contributed by atoms with E-state index in [0.29, 0.717) is 16.1 Å². The number of rotatable bonds is 2. The fourth-order valence-electron chi connectivity index (χ4n) is 1.56. The van der Waals surface area contributed by atoms with Crippen LogP contribution in [0.15, 0.2) is 42.5 Å². The van der Waals surface area contributed by atoms with Crippen LogP contribution in [0.5, 0.6) is 5.75 Å². The Labute approximate surface area is 117 Å². The molecule has 0 aromatic heterocycles. The summed E-state index contributed by atoms with van der Waals surface area (Å²) in [5.41, 5.74) is 2.01. The Kier molecular flexibility index (Phi) is 4.22. The summed E-state index contributed by atoms with van der Waals surface area (Å²) in [5, 5.41) is 0.525. The fourth-order valence-corrected chi connectivity index (χ4v) is 1.74. The highest BCUT2D eigenvalue weighted by molar-refractivity contribution is 6.30. The van der Waals surface area contributed by atoms with Crippen LogP contribution in [0.4, 0.5) is 0 Å². The van der Waals surface area contributed by atoms with Crippen LogP contribution in [0, 0.1) is 11.8 Å². The summed E-state index contributed by atoms with van der Waals surface area (Å²) < 4.78 is 5.07. The van der Waals surface area contributed by atoms with Gasteiger partial charge in [-0.1, -0.05) is 23.4 Å². The molecule has 3 heteroatoms. The zero-order valence-electron chi connectivity index (χ0n) is 10.3. The summed E-state index contributed by atoms with van der Waals surface area (Å²) in [5.74, 6) is 6.75. The maximum Gasteiger partial charge on any atom is 0.151 e. The van der Waals surface area contributed by atoms with Crippen LogP contribution in [0.2, 0.25) is 5.02 Å². The number of hydrogen-bond acceptors (Lipinski definition) is 2. The fraction of sp³-hybridized carbons (Fsp3) is 0.0625. The lowest BCUT2D eigenvalue weighted by Gasteiger charge is -1.98. The van der Waals surface area contributed by atoms with Crippen molar-refractivity contribution in [3.05, 3.63) is 64.2 Å². The molecule has 0 atom stereocenters. The highest BCUT2D eigenvalue weighted by Crippen LogP contribution is 2.14. The first-order valence-electron chi connectivity index (χ1n) is 5.64. The highest BCUT2D eigenvalue weighted by Gasteiger charge is 1.99. The Morgan fingerprint density at radius 1 is 1.11 bits per heavy atom. The van der Waals surface area contributed by atoms with Crippen molar-refractivity contribution in [1.82, 2.24) is 0 Å². The van der Waals surface area contributed by atoms with Crippen LogP contribution in [-0.2, 0) is 0 Å². The third-order valence-corrected chi connectivity index (χ3v) is 2.81. The number of methoxy groups -OCH3 is 1. The minimum Gasteiger partial charge on any atom is -0.497 e. The molecule has 0 N–H and O–H groups in total. The topological polar surface area (TPSA) is 26.3 Å². The lowest BCUT2D eigenvalue weighted by atomic mass is 10.1. The molecule has 0 saturated heterocycles. The Hall–Kier alpha value is -2.24. The van der Waals surface area contributed by atoms with Gasteiger partial charge in [0.05, 0.1) is 7.11 Å². The monoisotopic (exact) mass is 270 g/mol. The van der Waals surface area contributed by atoms with E-state index in [0.717, 1.165) is 17.6 Å². The van der Waals surface area contributed by atoms with E-state index in [2.05, 4.69) is 11.8 Å². The highest BCUT2D eigenvalue weighted by atomic mass is 35.5. The SMILES string of the molecule is COc1ccc(C#Cc2ccc(Cl)cc2C=O)cc1. The Balaban J connectivity index is 2.30. The van der Waals surface area contributed by atoms with E-state index < -0.39 is 0 Å².